The number of rotatable bonds is 19. The molecule has 0 unspecified atom stereocenters. The van der Waals surface area contributed by atoms with Crippen molar-refractivity contribution in [3.05, 3.63) is 95.8 Å². The maximum absolute atomic E-state index is 15.1. The largest absolute Gasteiger partial charge is 0.490 e. The highest BCUT2D eigenvalue weighted by atomic mass is 19.4. The standard InChI is InChI=1S/C40H47F2N5O7.C2HF3O2/c1-40(2,3)38(33-21-27(30-22-28(41)14-15-31(30)42)24-45(33)23-26-9-5-4-6-10-26)46(20-18-32(43)39(53)54)35(50)13-7-11-29(48)12-8-19-44-34(49)25-47-36(51)16-17-37(47)52;3-2(4,5)1(6)7/h4-6,9-10,14-17,21-22,24,32,38H,7-8,11-13,18-20,23,25,43H2,1-3H3,(H,44,49)(H,53,54);(H,6,7)/t32-,38-;/m0./s1. The summed E-state index contributed by atoms with van der Waals surface area (Å²) in [5, 5.41) is 19.3. The molecule has 19 heteroatoms. The summed E-state index contributed by atoms with van der Waals surface area (Å²) in [7, 11) is 0. The normalized spacial score (nSPS) is 13.6. The van der Waals surface area contributed by atoms with Gasteiger partial charge in [0.15, 0.2) is 0 Å². The fourth-order valence-corrected chi connectivity index (χ4v) is 6.42. The molecule has 2 aromatic carbocycles. The molecule has 0 fully saturated rings. The SMILES string of the molecule is CC(C)(C)[C@H](c1cc(-c2cc(F)ccc2F)cn1Cc1ccccc1)N(CC[C@H](N)C(=O)O)C(=O)CCCC(=O)CCCNC(=O)CN1C(=O)C=CC1=O.O=C(O)C(F)(F)F. The van der Waals surface area contributed by atoms with Crippen LogP contribution < -0.4 is 11.1 Å². The zero-order valence-corrected chi connectivity index (χ0v) is 33.7. The number of hydrogen-bond acceptors (Lipinski definition) is 8. The van der Waals surface area contributed by atoms with Crippen LogP contribution in [-0.2, 0) is 40.1 Å². The Balaban J connectivity index is 0.00000130. The highest BCUT2D eigenvalue weighted by Gasteiger charge is 2.39. The van der Waals surface area contributed by atoms with Crippen molar-refractivity contribution in [3.63, 3.8) is 0 Å². The van der Waals surface area contributed by atoms with Gasteiger partial charge in [-0.1, -0.05) is 51.1 Å². The first-order chi connectivity index (χ1) is 28.5. The highest BCUT2D eigenvalue weighted by molar-refractivity contribution is 6.14. The Morgan fingerprint density at radius 2 is 1.48 bits per heavy atom. The quantitative estimate of drug-likeness (QED) is 0.0686. The average Bonchev–Trinajstić information content (AvgIpc) is 3.72. The van der Waals surface area contributed by atoms with Gasteiger partial charge in [0, 0.05) is 74.1 Å². The smallest absolute Gasteiger partial charge is 0.480 e. The van der Waals surface area contributed by atoms with E-state index >= 15 is 4.39 Å². The van der Waals surface area contributed by atoms with Crippen LogP contribution in [0.5, 0.6) is 0 Å². The number of nitrogens with two attached hydrogens (primary N) is 1. The Morgan fingerprint density at radius 1 is 0.869 bits per heavy atom. The van der Waals surface area contributed by atoms with Gasteiger partial charge in [0.2, 0.25) is 11.8 Å². The van der Waals surface area contributed by atoms with Gasteiger partial charge in [-0.3, -0.25) is 33.7 Å². The van der Waals surface area contributed by atoms with Gasteiger partial charge in [-0.2, -0.15) is 13.2 Å². The molecular weight excluding hydrogens is 813 g/mol. The van der Waals surface area contributed by atoms with E-state index in [1.807, 2.05) is 55.7 Å². The topological polar surface area (TPSA) is 209 Å². The minimum absolute atomic E-state index is 0.0211. The number of nitrogens with zero attached hydrogens (tertiary/aromatic N) is 3. The van der Waals surface area contributed by atoms with E-state index in [4.69, 9.17) is 15.6 Å². The number of alkyl halides is 3. The number of halogens is 5. The van der Waals surface area contributed by atoms with Crippen LogP contribution in [0.25, 0.3) is 11.1 Å². The lowest BCUT2D eigenvalue weighted by molar-refractivity contribution is -0.192. The van der Waals surface area contributed by atoms with E-state index in [1.54, 1.807) is 17.2 Å². The van der Waals surface area contributed by atoms with E-state index < -0.39 is 71.5 Å². The van der Waals surface area contributed by atoms with Gasteiger partial charge >= 0.3 is 18.1 Å². The summed E-state index contributed by atoms with van der Waals surface area (Å²) in [5.41, 5.74) is 7.24. The van der Waals surface area contributed by atoms with E-state index in [2.05, 4.69) is 5.32 Å². The van der Waals surface area contributed by atoms with Gasteiger partial charge < -0.3 is 30.7 Å². The molecule has 1 aliphatic heterocycles. The molecular formula is C42H48F5N5O9. The van der Waals surface area contributed by atoms with Crippen molar-refractivity contribution in [2.24, 2.45) is 11.1 Å². The molecule has 14 nitrogen and oxygen atoms in total. The molecule has 1 aliphatic rings. The van der Waals surface area contributed by atoms with Crippen LogP contribution in [0.1, 0.15) is 76.6 Å². The summed E-state index contributed by atoms with van der Waals surface area (Å²) in [5.74, 6) is -7.33. The minimum Gasteiger partial charge on any atom is -0.480 e. The number of ketones is 1. The number of imide groups is 1. The van der Waals surface area contributed by atoms with Gasteiger partial charge in [-0.15, -0.1) is 0 Å². The van der Waals surface area contributed by atoms with Crippen LogP contribution in [0.3, 0.4) is 0 Å². The summed E-state index contributed by atoms with van der Waals surface area (Å²) in [6, 6.07) is 12.5. The molecule has 0 radical (unpaired) electrons. The Kier molecular flexibility index (Phi) is 17.6. The molecule has 0 saturated heterocycles. The minimum atomic E-state index is -5.08. The van der Waals surface area contributed by atoms with Crippen LogP contribution in [0.4, 0.5) is 22.0 Å². The number of aliphatic carboxylic acids is 2. The molecule has 0 aliphatic carbocycles. The van der Waals surface area contributed by atoms with E-state index in [-0.39, 0.29) is 62.4 Å². The van der Waals surface area contributed by atoms with Crippen LogP contribution >= 0.6 is 0 Å². The number of carbonyl (C=O) groups is 7. The van der Waals surface area contributed by atoms with E-state index in [9.17, 15) is 51.4 Å². The summed E-state index contributed by atoms with van der Waals surface area (Å²) in [4.78, 5) is 85.3. The van der Waals surface area contributed by atoms with Gasteiger partial charge in [0.05, 0.1) is 6.04 Å². The first-order valence-electron chi connectivity index (χ1n) is 19.1. The summed E-state index contributed by atoms with van der Waals surface area (Å²) in [6.07, 6.45) is -0.546. The summed E-state index contributed by atoms with van der Waals surface area (Å²) >= 11 is 0. The second-order valence-corrected chi connectivity index (χ2v) is 15.2. The summed E-state index contributed by atoms with van der Waals surface area (Å²) in [6.45, 7) is 5.85. The van der Waals surface area contributed by atoms with E-state index in [0.29, 0.717) is 24.2 Å². The lowest BCUT2D eigenvalue weighted by atomic mass is 9.82. The van der Waals surface area contributed by atoms with Crippen LogP contribution in [0, 0.1) is 17.0 Å². The molecule has 61 heavy (non-hydrogen) atoms. The fraction of sp³-hybridized carbons (Fsp3) is 0.405. The second kappa shape index (κ2) is 21.8. The number of carbonyl (C=O) groups excluding carboxylic acids is 5. The Morgan fingerprint density at radius 3 is 2.05 bits per heavy atom. The summed E-state index contributed by atoms with van der Waals surface area (Å²) < 4.78 is 63.1. The number of nitrogens with one attached hydrogen (secondary N) is 1. The Hall–Kier alpha value is -6.24. The molecule has 2 heterocycles. The Bertz CT molecular complexity index is 2080. The van der Waals surface area contributed by atoms with Crippen molar-refractivity contribution in [1.29, 1.82) is 0 Å². The fourth-order valence-electron chi connectivity index (χ4n) is 6.42. The third-order valence-corrected chi connectivity index (χ3v) is 9.34. The second-order valence-electron chi connectivity index (χ2n) is 15.2. The number of carboxylic acid groups (broad SMARTS) is 2. The predicted octanol–water partition coefficient (Wildman–Crippen LogP) is 5.39. The van der Waals surface area contributed by atoms with Crippen molar-refractivity contribution < 1.29 is 65.7 Å². The van der Waals surface area contributed by atoms with Crippen molar-refractivity contribution in [2.75, 3.05) is 19.6 Å². The van der Waals surface area contributed by atoms with Gasteiger partial charge in [0.25, 0.3) is 11.8 Å². The number of benzene rings is 2. The first kappa shape index (κ1) is 49.1. The van der Waals surface area contributed by atoms with Gasteiger partial charge in [0.1, 0.15) is 30.0 Å². The van der Waals surface area contributed by atoms with Crippen LogP contribution in [0.15, 0.2) is 72.9 Å². The lowest BCUT2D eigenvalue weighted by Crippen LogP contribution is -2.45. The first-order valence-corrected chi connectivity index (χ1v) is 19.1. The molecule has 5 N–H and O–H groups in total. The van der Waals surface area contributed by atoms with Crippen molar-refractivity contribution in [1.82, 2.24) is 19.7 Å². The molecule has 4 amide bonds. The molecule has 330 valence electrons. The van der Waals surface area contributed by atoms with Gasteiger partial charge in [-0.25, -0.2) is 13.6 Å². The average molecular weight is 862 g/mol. The van der Waals surface area contributed by atoms with Crippen molar-refractivity contribution in [3.8, 4) is 11.1 Å². The zero-order valence-electron chi connectivity index (χ0n) is 33.7. The molecule has 0 saturated carbocycles. The Labute approximate surface area is 348 Å². The molecule has 0 spiro atoms. The number of hydrogen-bond donors (Lipinski definition) is 4. The third-order valence-electron chi connectivity index (χ3n) is 9.34. The molecule has 0 bridgehead atoms. The number of Topliss-reactive ketones (excluding diaryl/α,β-unsaturated/α-hetero) is 1. The molecule has 4 rings (SSSR count). The maximum Gasteiger partial charge on any atom is 0.490 e. The van der Waals surface area contributed by atoms with Crippen molar-refractivity contribution in [2.45, 2.75) is 84.1 Å². The highest BCUT2D eigenvalue weighted by Crippen LogP contribution is 2.41. The number of aromatic nitrogens is 1. The molecule has 2 atom stereocenters. The van der Waals surface area contributed by atoms with Crippen LogP contribution in [0.2, 0.25) is 0 Å². The molecule has 3 aromatic rings. The monoisotopic (exact) mass is 861 g/mol. The predicted molar refractivity (Wildman–Crippen MR) is 210 cm³/mol. The van der Waals surface area contributed by atoms with E-state index in [1.165, 1.54) is 0 Å². The number of amides is 4. The zero-order chi connectivity index (χ0) is 45.7. The number of carboxylic acids is 2. The maximum atomic E-state index is 15.1. The molecule has 1 aromatic heterocycles. The van der Waals surface area contributed by atoms with Crippen LogP contribution in [-0.4, -0.2) is 97.8 Å². The van der Waals surface area contributed by atoms with Gasteiger partial charge in [-0.05, 0) is 54.5 Å². The third kappa shape index (κ3) is 15.1. The van der Waals surface area contributed by atoms with Crippen molar-refractivity contribution >= 4 is 41.4 Å². The van der Waals surface area contributed by atoms with E-state index in [0.717, 1.165) is 40.8 Å². The lowest BCUT2D eigenvalue weighted by Gasteiger charge is -2.41.